The summed E-state index contributed by atoms with van der Waals surface area (Å²) in [6, 6.07) is 5.20. The van der Waals surface area contributed by atoms with Crippen LogP contribution in [0.5, 0.6) is 0 Å². The highest BCUT2D eigenvalue weighted by Crippen LogP contribution is 2.39. The number of H-pyrrole nitrogens is 1. The predicted molar refractivity (Wildman–Crippen MR) is 137 cm³/mol. The first-order chi connectivity index (χ1) is 16.8. The molecule has 2 bridgehead atoms. The molecular formula is C26H32N8O. The van der Waals surface area contributed by atoms with Gasteiger partial charge in [0.2, 0.25) is 5.91 Å². The van der Waals surface area contributed by atoms with E-state index in [2.05, 4.69) is 70.9 Å². The molecule has 2 aliphatic rings. The first-order valence-electron chi connectivity index (χ1n) is 12.4. The largest absolute Gasteiger partial charge is 0.370 e. The molecule has 2 atom stereocenters. The van der Waals surface area contributed by atoms with E-state index < -0.39 is 0 Å². The summed E-state index contributed by atoms with van der Waals surface area (Å²) in [5.41, 5.74) is 14.2. The van der Waals surface area contributed by atoms with Crippen molar-refractivity contribution in [3.05, 3.63) is 41.3 Å². The number of aromatic nitrogens is 5. The maximum Gasteiger partial charge on any atom is 0.218 e. The quantitative estimate of drug-likeness (QED) is 0.446. The lowest BCUT2D eigenvalue weighted by Crippen LogP contribution is -2.47. The van der Waals surface area contributed by atoms with Gasteiger partial charge in [-0.3, -0.25) is 9.69 Å². The Labute approximate surface area is 204 Å². The zero-order chi connectivity index (χ0) is 24.4. The Kier molecular flexibility index (Phi) is 5.07. The van der Waals surface area contributed by atoms with E-state index in [-0.39, 0.29) is 5.91 Å². The molecule has 6 heterocycles. The second-order valence-corrected chi connectivity index (χ2v) is 10.4. The first-order valence-corrected chi connectivity index (χ1v) is 12.4. The second-order valence-electron chi connectivity index (χ2n) is 10.4. The summed E-state index contributed by atoms with van der Waals surface area (Å²) >= 11 is 0. The summed E-state index contributed by atoms with van der Waals surface area (Å²) in [6.07, 6.45) is 5.22. The van der Waals surface area contributed by atoms with Crippen molar-refractivity contribution in [2.75, 3.05) is 24.5 Å². The van der Waals surface area contributed by atoms with Crippen molar-refractivity contribution in [1.82, 2.24) is 29.5 Å². The topological polar surface area (TPSA) is 108 Å². The van der Waals surface area contributed by atoms with E-state index >= 15 is 0 Å². The average Bonchev–Trinajstić information content (AvgIpc) is 3.60. The smallest absolute Gasteiger partial charge is 0.218 e. The minimum absolute atomic E-state index is 0.227. The van der Waals surface area contributed by atoms with Crippen LogP contribution in [-0.4, -0.2) is 67.1 Å². The third-order valence-corrected chi connectivity index (χ3v) is 7.93. The average molecular weight is 473 g/mol. The summed E-state index contributed by atoms with van der Waals surface area (Å²) in [6.45, 7) is 11.4. The van der Waals surface area contributed by atoms with Crippen LogP contribution in [0.3, 0.4) is 0 Å². The lowest BCUT2D eigenvalue weighted by molar-refractivity contribution is -0.118. The maximum atomic E-state index is 11.2. The molecule has 3 N–H and O–H groups in total. The van der Waals surface area contributed by atoms with Crippen molar-refractivity contribution in [3.8, 4) is 11.3 Å². The highest BCUT2D eigenvalue weighted by molar-refractivity contribution is 5.90. The monoisotopic (exact) mass is 472 g/mol. The third-order valence-electron chi connectivity index (χ3n) is 7.93. The van der Waals surface area contributed by atoms with Crippen LogP contribution >= 0.6 is 0 Å². The zero-order valence-electron chi connectivity index (χ0n) is 20.7. The number of nitrogens with two attached hydrogens (primary N) is 1. The summed E-state index contributed by atoms with van der Waals surface area (Å²) in [7, 11) is 0. The number of primary amides is 1. The van der Waals surface area contributed by atoms with Crippen LogP contribution in [0.2, 0.25) is 0 Å². The van der Waals surface area contributed by atoms with Crippen molar-refractivity contribution in [2.24, 2.45) is 5.73 Å². The minimum atomic E-state index is -0.227. The van der Waals surface area contributed by atoms with E-state index in [9.17, 15) is 4.79 Å². The van der Waals surface area contributed by atoms with Gasteiger partial charge in [-0.2, -0.15) is 5.10 Å². The molecule has 0 unspecified atom stereocenters. The number of aryl methyl sites for hydroxylation is 1. The van der Waals surface area contributed by atoms with Gasteiger partial charge >= 0.3 is 0 Å². The van der Waals surface area contributed by atoms with Gasteiger partial charge in [0, 0.05) is 55.5 Å². The Bertz CT molecular complexity index is 1450. The van der Waals surface area contributed by atoms with E-state index in [1.165, 1.54) is 11.1 Å². The van der Waals surface area contributed by atoms with Crippen LogP contribution in [-0.2, 0) is 4.79 Å². The zero-order valence-corrected chi connectivity index (χ0v) is 20.7. The Morgan fingerprint density at radius 3 is 2.74 bits per heavy atom. The van der Waals surface area contributed by atoms with Gasteiger partial charge in [0.15, 0.2) is 5.65 Å². The second kappa shape index (κ2) is 8.05. The van der Waals surface area contributed by atoms with Crippen LogP contribution in [0.15, 0.2) is 24.7 Å². The molecular weight excluding hydrogens is 440 g/mol. The number of carbonyl (C=O) groups excluding carboxylic acids is 1. The number of aromatic amines is 1. The highest BCUT2D eigenvalue weighted by Gasteiger charge is 2.43. The number of carbonyl (C=O) groups is 1. The van der Waals surface area contributed by atoms with Gasteiger partial charge in [0.1, 0.15) is 12.1 Å². The van der Waals surface area contributed by atoms with Crippen molar-refractivity contribution >= 4 is 28.4 Å². The standard InChI is InChI=1S/C26H32N8O/c1-14(2)23-24(19-12-34-26(28-13-29-34)16(4)15(19)3)30-20-5-6-22(31-25(20)23)33-11-17-9-18(33)10-32(17)8-7-21(27)35/h5-6,12-14,17-18,30H,7-11H2,1-4H3,(H2,27,35)/t17-,18-/m1/s1. The Balaban J connectivity index is 1.38. The molecule has 182 valence electrons. The number of pyridine rings is 2. The van der Waals surface area contributed by atoms with Crippen LogP contribution in [0.4, 0.5) is 5.82 Å². The molecule has 0 spiro atoms. The normalized spacial score (nSPS) is 20.2. The van der Waals surface area contributed by atoms with Gasteiger partial charge in [0.05, 0.1) is 16.7 Å². The Morgan fingerprint density at radius 1 is 1.20 bits per heavy atom. The summed E-state index contributed by atoms with van der Waals surface area (Å²) in [5, 5.41) is 4.39. The molecule has 35 heavy (non-hydrogen) atoms. The Hall–Kier alpha value is -3.46. The molecule has 2 aliphatic heterocycles. The fraction of sp³-hybridized carbons (Fsp3) is 0.462. The van der Waals surface area contributed by atoms with Gasteiger partial charge in [-0.25, -0.2) is 14.5 Å². The Morgan fingerprint density at radius 2 is 2.03 bits per heavy atom. The van der Waals surface area contributed by atoms with Crippen molar-refractivity contribution in [3.63, 3.8) is 0 Å². The number of hydrogen-bond donors (Lipinski definition) is 2. The molecule has 9 heteroatoms. The molecule has 6 rings (SSSR count). The summed E-state index contributed by atoms with van der Waals surface area (Å²) < 4.78 is 1.86. The number of nitrogens with zero attached hydrogens (tertiary/aromatic N) is 6. The molecule has 0 radical (unpaired) electrons. The van der Waals surface area contributed by atoms with Gasteiger partial charge in [0.25, 0.3) is 0 Å². The van der Waals surface area contributed by atoms with Crippen LogP contribution < -0.4 is 10.6 Å². The lowest BCUT2D eigenvalue weighted by Gasteiger charge is -2.34. The molecule has 9 nitrogen and oxygen atoms in total. The molecule has 2 fully saturated rings. The van der Waals surface area contributed by atoms with Crippen LogP contribution in [0, 0.1) is 13.8 Å². The van der Waals surface area contributed by atoms with Gasteiger partial charge < -0.3 is 15.6 Å². The maximum absolute atomic E-state index is 11.2. The van der Waals surface area contributed by atoms with Crippen molar-refractivity contribution < 1.29 is 4.79 Å². The number of rotatable bonds is 6. The van der Waals surface area contributed by atoms with Gasteiger partial charge in [-0.05, 0) is 49.4 Å². The van der Waals surface area contributed by atoms with E-state index in [1.807, 2.05) is 4.52 Å². The molecule has 4 aromatic rings. The molecule has 2 saturated heterocycles. The number of amides is 1. The molecule has 0 aromatic carbocycles. The SMILES string of the molecule is Cc1c(-c2[nH]c3ccc(N4C[C@H]5C[C@@H]4CN5CCC(N)=O)nc3c2C(C)C)cn2ncnc2c1C. The van der Waals surface area contributed by atoms with E-state index in [1.54, 1.807) is 6.33 Å². The molecule has 0 saturated carbocycles. The van der Waals surface area contributed by atoms with Gasteiger partial charge in [-0.15, -0.1) is 0 Å². The number of hydrogen-bond acceptors (Lipinski definition) is 6. The highest BCUT2D eigenvalue weighted by atomic mass is 16.1. The van der Waals surface area contributed by atoms with Gasteiger partial charge in [-0.1, -0.05) is 13.8 Å². The van der Waals surface area contributed by atoms with Crippen LogP contribution in [0.25, 0.3) is 27.9 Å². The van der Waals surface area contributed by atoms with E-state index in [0.29, 0.717) is 24.4 Å². The fourth-order valence-corrected chi connectivity index (χ4v) is 6.02. The van der Waals surface area contributed by atoms with Crippen molar-refractivity contribution in [1.29, 1.82) is 0 Å². The number of piperazine rings is 1. The van der Waals surface area contributed by atoms with Crippen molar-refractivity contribution in [2.45, 2.75) is 58.5 Å². The summed E-state index contributed by atoms with van der Waals surface area (Å²) in [5.74, 6) is 1.10. The fourth-order valence-electron chi connectivity index (χ4n) is 6.02. The van der Waals surface area contributed by atoms with E-state index in [4.69, 9.17) is 10.7 Å². The summed E-state index contributed by atoms with van der Waals surface area (Å²) in [4.78, 5) is 29.4. The molecule has 0 aliphatic carbocycles. The lowest BCUT2D eigenvalue weighted by atomic mass is 9.95. The predicted octanol–water partition coefficient (Wildman–Crippen LogP) is 3.15. The first kappa shape index (κ1) is 22.0. The molecule has 4 aromatic heterocycles. The minimum Gasteiger partial charge on any atom is -0.370 e. The number of likely N-dealkylation sites (tertiary alicyclic amines) is 1. The third kappa shape index (κ3) is 3.48. The van der Waals surface area contributed by atoms with Crippen LogP contribution in [0.1, 0.15) is 49.3 Å². The number of anilines is 1. The number of nitrogens with one attached hydrogen (secondary N) is 1. The van der Waals surface area contributed by atoms with E-state index in [0.717, 1.165) is 65.4 Å². The molecule has 1 amide bonds. The number of fused-ring (bicyclic) bond motifs is 4.